The van der Waals surface area contributed by atoms with Gasteiger partial charge >= 0.3 is 0 Å². The van der Waals surface area contributed by atoms with E-state index in [0.29, 0.717) is 18.8 Å². The second kappa shape index (κ2) is 7.68. The van der Waals surface area contributed by atoms with Crippen LogP contribution in [0.2, 0.25) is 0 Å². The van der Waals surface area contributed by atoms with Gasteiger partial charge in [0.1, 0.15) is 0 Å². The third-order valence-corrected chi connectivity index (χ3v) is 5.07. The normalized spacial score (nSPS) is 18.2. The summed E-state index contributed by atoms with van der Waals surface area (Å²) in [5.41, 5.74) is 2.37. The van der Waals surface area contributed by atoms with Gasteiger partial charge in [0.2, 0.25) is 12.7 Å². The second-order valence-electron chi connectivity index (χ2n) is 6.93. The van der Waals surface area contributed by atoms with Crippen molar-refractivity contribution in [3.05, 3.63) is 54.1 Å². The number of carbonyl (C=O) groups excluding carboxylic acids is 1. The first kappa shape index (κ1) is 16.8. The quantitative estimate of drug-likeness (QED) is 0.868. The number of amides is 1. The molecule has 136 valence electrons. The highest BCUT2D eigenvalue weighted by Gasteiger charge is 2.23. The molecule has 26 heavy (non-hydrogen) atoms. The third kappa shape index (κ3) is 3.93. The van der Waals surface area contributed by atoms with Gasteiger partial charge in [0, 0.05) is 31.7 Å². The Morgan fingerprint density at radius 1 is 1.12 bits per heavy atom. The first-order chi connectivity index (χ1) is 12.8. The Bertz CT molecular complexity index is 763. The van der Waals surface area contributed by atoms with Crippen LogP contribution in [0.25, 0.3) is 0 Å². The van der Waals surface area contributed by atoms with Crippen LogP contribution in [-0.2, 0) is 11.2 Å². The summed E-state index contributed by atoms with van der Waals surface area (Å²) in [5.74, 6) is 2.18. The second-order valence-corrected chi connectivity index (χ2v) is 6.93. The van der Waals surface area contributed by atoms with E-state index >= 15 is 0 Å². The lowest BCUT2D eigenvalue weighted by molar-refractivity contribution is -0.121. The summed E-state index contributed by atoms with van der Waals surface area (Å²) in [4.78, 5) is 14.6. The Morgan fingerprint density at radius 3 is 2.85 bits per heavy atom. The predicted octanol–water partition coefficient (Wildman–Crippen LogP) is 2.99. The molecule has 5 nitrogen and oxygen atoms in total. The molecule has 1 N–H and O–H groups in total. The number of fused-ring (bicyclic) bond motifs is 1. The molecule has 1 fully saturated rings. The minimum absolute atomic E-state index is 0.112. The van der Waals surface area contributed by atoms with Crippen LogP contribution in [0.3, 0.4) is 0 Å². The first-order valence-electron chi connectivity index (χ1n) is 9.23. The van der Waals surface area contributed by atoms with Crippen molar-refractivity contribution in [2.45, 2.75) is 19.3 Å². The highest BCUT2D eigenvalue weighted by atomic mass is 16.7. The Kier molecular flexibility index (Phi) is 4.95. The SMILES string of the molecule is O=C(CCc1ccc2c(c1)OCO2)NCC1CCN(c2ccccc2)C1. The molecule has 2 aromatic rings. The van der Waals surface area contributed by atoms with Gasteiger partial charge in [-0.1, -0.05) is 24.3 Å². The fraction of sp³-hybridized carbons (Fsp3) is 0.381. The van der Waals surface area contributed by atoms with Crippen molar-refractivity contribution in [1.82, 2.24) is 5.32 Å². The Morgan fingerprint density at radius 2 is 1.96 bits per heavy atom. The summed E-state index contributed by atoms with van der Waals surface area (Å²) in [5, 5.41) is 3.10. The zero-order valence-electron chi connectivity index (χ0n) is 14.8. The molecule has 1 amide bonds. The first-order valence-corrected chi connectivity index (χ1v) is 9.23. The van der Waals surface area contributed by atoms with Crippen LogP contribution in [-0.4, -0.2) is 32.3 Å². The number of para-hydroxylation sites is 1. The molecule has 0 aromatic heterocycles. The van der Waals surface area contributed by atoms with E-state index in [-0.39, 0.29) is 12.7 Å². The minimum atomic E-state index is 0.112. The molecule has 0 spiro atoms. The molecule has 1 saturated heterocycles. The number of nitrogens with zero attached hydrogens (tertiary/aromatic N) is 1. The Hall–Kier alpha value is -2.69. The number of aryl methyl sites for hydroxylation is 1. The smallest absolute Gasteiger partial charge is 0.231 e. The van der Waals surface area contributed by atoms with E-state index in [0.717, 1.165) is 43.1 Å². The van der Waals surface area contributed by atoms with E-state index in [4.69, 9.17) is 9.47 Å². The van der Waals surface area contributed by atoms with Gasteiger partial charge in [-0.15, -0.1) is 0 Å². The molecule has 2 heterocycles. The highest BCUT2D eigenvalue weighted by Crippen LogP contribution is 2.32. The largest absolute Gasteiger partial charge is 0.454 e. The summed E-state index contributed by atoms with van der Waals surface area (Å²) in [7, 11) is 0. The fourth-order valence-electron chi connectivity index (χ4n) is 3.57. The van der Waals surface area contributed by atoms with Crippen LogP contribution >= 0.6 is 0 Å². The van der Waals surface area contributed by atoms with Gasteiger partial charge in [0.25, 0.3) is 0 Å². The van der Waals surface area contributed by atoms with Crippen molar-refractivity contribution in [2.75, 3.05) is 31.3 Å². The van der Waals surface area contributed by atoms with Crippen molar-refractivity contribution >= 4 is 11.6 Å². The van der Waals surface area contributed by atoms with Crippen molar-refractivity contribution in [2.24, 2.45) is 5.92 Å². The molecule has 2 aliphatic heterocycles. The van der Waals surface area contributed by atoms with E-state index in [1.54, 1.807) is 0 Å². The molecule has 4 rings (SSSR count). The van der Waals surface area contributed by atoms with Crippen molar-refractivity contribution in [1.29, 1.82) is 0 Å². The number of ether oxygens (including phenoxy) is 2. The summed E-state index contributed by atoms with van der Waals surface area (Å²) in [6.07, 6.45) is 2.33. The molecule has 0 saturated carbocycles. The van der Waals surface area contributed by atoms with Crippen LogP contribution in [0.1, 0.15) is 18.4 Å². The molecule has 0 aliphatic carbocycles. The Balaban J connectivity index is 1.20. The van der Waals surface area contributed by atoms with Crippen LogP contribution in [0.15, 0.2) is 48.5 Å². The van der Waals surface area contributed by atoms with Gasteiger partial charge in [-0.25, -0.2) is 0 Å². The van der Waals surface area contributed by atoms with Crippen LogP contribution in [0.5, 0.6) is 11.5 Å². The minimum Gasteiger partial charge on any atom is -0.454 e. The summed E-state index contributed by atoms with van der Waals surface area (Å²) >= 11 is 0. The molecule has 2 aliphatic rings. The third-order valence-electron chi connectivity index (χ3n) is 5.07. The highest BCUT2D eigenvalue weighted by molar-refractivity contribution is 5.76. The average molecular weight is 352 g/mol. The standard InChI is InChI=1S/C21H24N2O3/c24-21(9-7-16-6-8-19-20(12-16)26-15-25-19)22-13-17-10-11-23(14-17)18-4-2-1-3-5-18/h1-6,8,12,17H,7,9-11,13-15H2,(H,22,24). The van der Waals surface area contributed by atoms with Crippen LogP contribution in [0.4, 0.5) is 5.69 Å². The molecule has 2 aromatic carbocycles. The van der Waals surface area contributed by atoms with Gasteiger partial charge < -0.3 is 19.7 Å². The van der Waals surface area contributed by atoms with Gasteiger partial charge in [-0.2, -0.15) is 0 Å². The molecule has 1 atom stereocenters. The molecule has 0 bridgehead atoms. The summed E-state index contributed by atoms with van der Waals surface area (Å²) in [6.45, 7) is 3.10. The maximum Gasteiger partial charge on any atom is 0.231 e. The number of nitrogens with one attached hydrogen (secondary N) is 1. The molecule has 1 unspecified atom stereocenters. The number of benzene rings is 2. The number of hydrogen-bond acceptors (Lipinski definition) is 4. The van der Waals surface area contributed by atoms with E-state index in [9.17, 15) is 4.79 Å². The summed E-state index contributed by atoms with van der Waals surface area (Å²) in [6, 6.07) is 16.3. The molecular formula is C21H24N2O3. The maximum absolute atomic E-state index is 12.2. The van der Waals surface area contributed by atoms with Gasteiger partial charge in [-0.3, -0.25) is 4.79 Å². The van der Waals surface area contributed by atoms with Crippen LogP contribution < -0.4 is 19.7 Å². The average Bonchev–Trinajstić information content (AvgIpc) is 3.34. The lowest BCUT2D eigenvalue weighted by atomic mass is 10.1. The molecule has 5 heteroatoms. The van der Waals surface area contributed by atoms with E-state index < -0.39 is 0 Å². The predicted molar refractivity (Wildman–Crippen MR) is 101 cm³/mol. The monoisotopic (exact) mass is 352 g/mol. The lowest BCUT2D eigenvalue weighted by Gasteiger charge is -2.18. The number of hydrogen-bond donors (Lipinski definition) is 1. The Labute approximate surface area is 153 Å². The topological polar surface area (TPSA) is 50.8 Å². The number of anilines is 1. The van der Waals surface area contributed by atoms with E-state index in [1.165, 1.54) is 5.69 Å². The van der Waals surface area contributed by atoms with Crippen molar-refractivity contribution in [3.8, 4) is 11.5 Å². The number of carbonyl (C=O) groups is 1. The summed E-state index contributed by atoms with van der Waals surface area (Å²) < 4.78 is 10.7. The zero-order valence-corrected chi connectivity index (χ0v) is 14.8. The van der Waals surface area contributed by atoms with Crippen LogP contribution in [0, 0.1) is 5.92 Å². The zero-order chi connectivity index (χ0) is 17.8. The fourth-order valence-corrected chi connectivity index (χ4v) is 3.57. The maximum atomic E-state index is 12.2. The van der Waals surface area contributed by atoms with Gasteiger partial charge in [0.15, 0.2) is 11.5 Å². The number of rotatable bonds is 6. The lowest BCUT2D eigenvalue weighted by Crippen LogP contribution is -2.31. The molecular weight excluding hydrogens is 328 g/mol. The van der Waals surface area contributed by atoms with Crippen molar-refractivity contribution in [3.63, 3.8) is 0 Å². The van der Waals surface area contributed by atoms with Crippen molar-refractivity contribution < 1.29 is 14.3 Å². The van der Waals surface area contributed by atoms with E-state index in [1.807, 2.05) is 24.3 Å². The van der Waals surface area contributed by atoms with Gasteiger partial charge in [-0.05, 0) is 48.6 Å². The van der Waals surface area contributed by atoms with Gasteiger partial charge in [0.05, 0.1) is 0 Å². The van der Waals surface area contributed by atoms with E-state index in [2.05, 4.69) is 34.5 Å². The molecule has 0 radical (unpaired) electrons.